The minimum atomic E-state index is -0.623. The molecule has 0 bridgehead atoms. The molecule has 0 radical (unpaired) electrons. The molecular weight excluding hydrogens is 402 g/mol. The van der Waals surface area contributed by atoms with Crippen molar-refractivity contribution < 1.29 is 24.2 Å². The maximum absolute atomic E-state index is 12.6. The maximum atomic E-state index is 12.6. The fourth-order valence-electron chi connectivity index (χ4n) is 3.31. The Balaban J connectivity index is 2.79. The lowest BCUT2D eigenvalue weighted by atomic mass is 9.79. The fraction of sp³-hybridized carbons (Fsp3) is 0.368. The summed E-state index contributed by atoms with van der Waals surface area (Å²) in [5, 5.41) is 9.41. The van der Waals surface area contributed by atoms with Gasteiger partial charge in [0.2, 0.25) is 0 Å². The highest BCUT2D eigenvalue weighted by atomic mass is 79.9. The standard InChI is InChI=1S/C19H22BrNO5/c1-11-15(18(23)25-3)17(13-6-5-7-14(20)10-13)16(19(24)26-4)12(2)21(11)8-9-22/h5-7,10,17,22H,8-9H2,1-4H3. The zero-order valence-corrected chi connectivity index (χ0v) is 16.8. The van der Waals surface area contributed by atoms with Gasteiger partial charge in [-0.3, -0.25) is 0 Å². The van der Waals surface area contributed by atoms with Gasteiger partial charge in [-0.2, -0.15) is 0 Å². The molecule has 2 rings (SSSR count). The number of ether oxygens (including phenoxy) is 2. The van der Waals surface area contributed by atoms with Crippen molar-refractivity contribution in [1.82, 2.24) is 4.90 Å². The zero-order chi connectivity index (χ0) is 19.4. The van der Waals surface area contributed by atoms with E-state index >= 15 is 0 Å². The largest absolute Gasteiger partial charge is 0.466 e. The van der Waals surface area contributed by atoms with Gasteiger partial charge in [0.05, 0.1) is 37.9 Å². The van der Waals surface area contributed by atoms with Gasteiger partial charge in [-0.05, 0) is 31.5 Å². The van der Waals surface area contributed by atoms with E-state index in [0.29, 0.717) is 22.5 Å². The summed E-state index contributed by atoms with van der Waals surface area (Å²) in [7, 11) is 2.61. The van der Waals surface area contributed by atoms with Crippen LogP contribution in [-0.2, 0) is 19.1 Å². The third-order valence-corrected chi connectivity index (χ3v) is 4.98. The van der Waals surface area contributed by atoms with Crippen molar-refractivity contribution in [2.75, 3.05) is 27.4 Å². The Kier molecular flexibility index (Phi) is 6.61. The molecule has 0 spiro atoms. The van der Waals surface area contributed by atoms with Gasteiger partial charge in [0, 0.05) is 22.4 Å². The predicted molar refractivity (Wildman–Crippen MR) is 100 cm³/mol. The van der Waals surface area contributed by atoms with Crippen molar-refractivity contribution >= 4 is 27.9 Å². The van der Waals surface area contributed by atoms with Crippen LogP contribution in [0.25, 0.3) is 0 Å². The molecule has 0 unspecified atom stereocenters. The van der Waals surface area contributed by atoms with Crippen LogP contribution in [0.1, 0.15) is 25.3 Å². The normalized spacial score (nSPS) is 15.4. The van der Waals surface area contributed by atoms with Crippen molar-refractivity contribution in [2.45, 2.75) is 19.8 Å². The van der Waals surface area contributed by atoms with Gasteiger partial charge in [0.1, 0.15) is 0 Å². The van der Waals surface area contributed by atoms with Crippen LogP contribution in [-0.4, -0.2) is 49.3 Å². The SMILES string of the molecule is COC(=O)C1=C(C)N(CCO)C(C)=C(C(=O)OC)C1c1cccc(Br)c1. The highest BCUT2D eigenvalue weighted by Crippen LogP contribution is 2.43. The number of carbonyl (C=O) groups is 2. The number of β-amino-alcohol motifs (C(OH)–C–C–N with tert-alkyl or cyclic N) is 1. The average molecular weight is 424 g/mol. The lowest BCUT2D eigenvalue weighted by Crippen LogP contribution is -2.36. The Morgan fingerprint density at radius 1 is 1.12 bits per heavy atom. The minimum Gasteiger partial charge on any atom is -0.466 e. The lowest BCUT2D eigenvalue weighted by Gasteiger charge is -2.37. The van der Waals surface area contributed by atoms with E-state index in [-0.39, 0.29) is 13.2 Å². The number of aliphatic hydroxyl groups is 1. The van der Waals surface area contributed by atoms with Gasteiger partial charge in [-0.25, -0.2) is 9.59 Å². The van der Waals surface area contributed by atoms with Crippen molar-refractivity contribution in [2.24, 2.45) is 0 Å². The van der Waals surface area contributed by atoms with E-state index in [1.165, 1.54) is 14.2 Å². The second kappa shape index (κ2) is 8.51. The monoisotopic (exact) mass is 423 g/mol. The smallest absolute Gasteiger partial charge is 0.336 e. The van der Waals surface area contributed by atoms with E-state index in [1.807, 2.05) is 24.3 Å². The van der Waals surface area contributed by atoms with Crippen molar-refractivity contribution in [3.63, 3.8) is 0 Å². The molecule has 0 saturated carbocycles. The van der Waals surface area contributed by atoms with Crippen molar-refractivity contribution in [3.05, 3.63) is 56.8 Å². The number of halogens is 1. The molecule has 1 aromatic rings. The van der Waals surface area contributed by atoms with E-state index in [9.17, 15) is 14.7 Å². The molecule has 1 aliphatic rings. The lowest BCUT2D eigenvalue weighted by molar-refractivity contribution is -0.137. The van der Waals surface area contributed by atoms with Crippen LogP contribution in [0.5, 0.6) is 0 Å². The number of aliphatic hydroxyl groups excluding tert-OH is 1. The van der Waals surface area contributed by atoms with E-state index in [0.717, 1.165) is 10.0 Å². The summed E-state index contributed by atoms with van der Waals surface area (Å²) >= 11 is 3.44. The van der Waals surface area contributed by atoms with Crippen LogP contribution in [0.15, 0.2) is 51.3 Å². The average Bonchev–Trinajstić information content (AvgIpc) is 2.63. The van der Waals surface area contributed by atoms with Crippen LogP contribution in [0.4, 0.5) is 0 Å². The molecular formula is C19H22BrNO5. The number of hydrogen-bond donors (Lipinski definition) is 1. The Morgan fingerprint density at radius 3 is 2.08 bits per heavy atom. The molecule has 0 fully saturated rings. The number of allylic oxidation sites excluding steroid dienone is 2. The second-order valence-corrected chi connectivity index (χ2v) is 6.76. The number of carbonyl (C=O) groups excluding carboxylic acids is 2. The Hall–Kier alpha value is -2.12. The van der Waals surface area contributed by atoms with E-state index in [2.05, 4.69) is 15.9 Å². The maximum Gasteiger partial charge on any atom is 0.336 e. The van der Waals surface area contributed by atoms with Gasteiger partial charge in [-0.1, -0.05) is 28.1 Å². The van der Waals surface area contributed by atoms with Gasteiger partial charge in [0.25, 0.3) is 0 Å². The molecule has 26 heavy (non-hydrogen) atoms. The van der Waals surface area contributed by atoms with Crippen LogP contribution in [0.2, 0.25) is 0 Å². The van der Waals surface area contributed by atoms with Gasteiger partial charge < -0.3 is 19.5 Å². The number of esters is 2. The molecule has 1 aliphatic heterocycles. The molecule has 0 atom stereocenters. The summed E-state index contributed by atoms with van der Waals surface area (Å²) in [5.41, 5.74) is 2.75. The van der Waals surface area contributed by atoms with Crippen LogP contribution < -0.4 is 0 Å². The molecule has 1 heterocycles. The first kappa shape index (κ1) is 20.2. The first-order valence-electron chi connectivity index (χ1n) is 8.09. The number of rotatable bonds is 5. The van der Waals surface area contributed by atoms with Crippen molar-refractivity contribution in [3.8, 4) is 0 Å². The van der Waals surface area contributed by atoms with Gasteiger partial charge in [-0.15, -0.1) is 0 Å². The summed E-state index contributed by atoms with van der Waals surface area (Å²) in [5.74, 6) is -1.67. The van der Waals surface area contributed by atoms with Crippen LogP contribution >= 0.6 is 15.9 Å². The molecule has 0 aliphatic carbocycles. The third-order valence-electron chi connectivity index (χ3n) is 4.48. The number of hydrogen-bond acceptors (Lipinski definition) is 6. The topological polar surface area (TPSA) is 76.1 Å². The Labute approximate surface area is 161 Å². The highest BCUT2D eigenvalue weighted by molar-refractivity contribution is 9.10. The summed E-state index contributed by atoms with van der Waals surface area (Å²) in [6.45, 7) is 3.69. The molecule has 1 aromatic carbocycles. The summed E-state index contributed by atoms with van der Waals surface area (Å²) in [6, 6.07) is 7.42. The molecule has 0 amide bonds. The summed E-state index contributed by atoms with van der Waals surface area (Å²) in [4.78, 5) is 26.9. The third kappa shape index (κ3) is 3.68. The number of nitrogens with zero attached hydrogens (tertiary/aromatic N) is 1. The van der Waals surface area contributed by atoms with Crippen molar-refractivity contribution in [1.29, 1.82) is 0 Å². The first-order valence-corrected chi connectivity index (χ1v) is 8.88. The number of methoxy groups -OCH3 is 2. The van der Waals surface area contributed by atoms with E-state index < -0.39 is 17.9 Å². The van der Waals surface area contributed by atoms with Crippen LogP contribution in [0, 0.1) is 0 Å². The minimum absolute atomic E-state index is 0.126. The van der Waals surface area contributed by atoms with Crippen LogP contribution in [0.3, 0.4) is 0 Å². The Morgan fingerprint density at radius 2 is 1.65 bits per heavy atom. The Bertz CT molecular complexity index is 744. The summed E-state index contributed by atoms with van der Waals surface area (Å²) < 4.78 is 10.8. The molecule has 140 valence electrons. The zero-order valence-electron chi connectivity index (χ0n) is 15.2. The van der Waals surface area contributed by atoms with E-state index in [4.69, 9.17) is 9.47 Å². The molecule has 7 heteroatoms. The quantitative estimate of drug-likeness (QED) is 0.733. The highest BCUT2D eigenvalue weighted by Gasteiger charge is 2.40. The molecule has 0 saturated heterocycles. The molecule has 0 aromatic heterocycles. The van der Waals surface area contributed by atoms with Gasteiger partial charge >= 0.3 is 11.9 Å². The second-order valence-electron chi connectivity index (χ2n) is 5.84. The van der Waals surface area contributed by atoms with Gasteiger partial charge in [0.15, 0.2) is 0 Å². The first-order chi connectivity index (χ1) is 12.4. The predicted octanol–water partition coefficient (Wildman–Crippen LogP) is 2.73. The van der Waals surface area contributed by atoms with E-state index in [1.54, 1.807) is 18.7 Å². The summed E-state index contributed by atoms with van der Waals surface area (Å²) in [6.07, 6.45) is 0. The molecule has 1 N–H and O–H groups in total. The molecule has 6 nitrogen and oxygen atoms in total. The fourth-order valence-corrected chi connectivity index (χ4v) is 3.73. The number of benzene rings is 1.